The SMILES string of the molecule is CC(C)(C)NCc1ccc(C#Cc2ccccc2)cc1. The molecule has 0 saturated carbocycles. The first kappa shape index (κ1) is 14.4. The molecule has 0 heterocycles. The molecule has 1 heteroatoms. The van der Waals surface area contributed by atoms with Crippen molar-refractivity contribution in [1.82, 2.24) is 5.32 Å². The number of hydrogen-bond donors (Lipinski definition) is 1. The molecular formula is C19H21N. The zero-order valence-corrected chi connectivity index (χ0v) is 12.4. The van der Waals surface area contributed by atoms with Gasteiger partial charge in [0.1, 0.15) is 0 Å². The molecule has 0 radical (unpaired) electrons. The lowest BCUT2D eigenvalue weighted by atomic mass is 10.1. The van der Waals surface area contributed by atoms with Crippen LogP contribution in [0, 0.1) is 11.8 Å². The first-order valence-corrected chi connectivity index (χ1v) is 6.94. The van der Waals surface area contributed by atoms with Gasteiger partial charge in [-0.2, -0.15) is 0 Å². The molecule has 20 heavy (non-hydrogen) atoms. The van der Waals surface area contributed by atoms with E-state index in [1.54, 1.807) is 0 Å². The van der Waals surface area contributed by atoms with Gasteiger partial charge in [0.05, 0.1) is 0 Å². The van der Waals surface area contributed by atoms with Gasteiger partial charge in [0, 0.05) is 23.2 Å². The van der Waals surface area contributed by atoms with Crippen molar-refractivity contribution >= 4 is 0 Å². The van der Waals surface area contributed by atoms with E-state index in [0.29, 0.717) is 0 Å². The van der Waals surface area contributed by atoms with Gasteiger partial charge in [-0.25, -0.2) is 0 Å². The fourth-order valence-electron chi connectivity index (χ4n) is 1.74. The summed E-state index contributed by atoms with van der Waals surface area (Å²) in [5.41, 5.74) is 3.52. The summed E-state index contributed by atoms with van der Waals surface area (Å²) in [6, 6.07) is 18.5. The van der Waals surface area contributed by atoms with E-state index >= 15 is 0 Å². The third-order valence-electron chi connectivity index (χ3n) is 2.90. The summed E-state index contributed by atoms with van der Waals surface area (Å²) in [5.74, 6) is 6.36. The standard InChI is InChI=1S/C19H21N/c1-19(2,3)20-15-18-13-11-17(12-14-18)10-9-16-7-5-4-6-8-16/h4-8,11-14,20H,15H2,1-3H3. The maximum Gasteiger partial charge on any atom is 0.0249 e. The lowest BCUT2D eigenvalue weighted by molar-refractivity contribution is 0.424. The minimum atomic E-state index is 0.145. The van der Waals surface area contributed by atoms with Gasteiger partial charge in [-0.15, -0.1) is 0 Å². The van der Waals surface area contributed by atoms with Gasteiger partial charge in [0.25, 0.3) is 0 Å². The van der Waals surface area contributed by atoms with Crippen molar-refractivity contribution in [1.29, 1.82) is 0 Å². The Balaban J connectivity index is 2.00. The lowest BCUT2D eigenvalue weighted by Crippen LogP contribution is -2.35. The van der Waals surface area contributed by atoms with E-state index in [1.807, 2.05) is 30.3 Å². The van der Waals surface area contributed by atoms with E-state index in [0.717, 1.165) is 17.7 Å². The topological polar surface area (TPSA) is 12.0 Å². The van der Waals surface area contributed by atoms with Crippen LogP contribution in [0.5, 0.6) is 0 Å². The fraction of sp³-hybridized carbons (Fsp3) is 0.263. The lowest BCUT2D eigenvalue weighted by Gasteiger charge is -2.20. The molecule has 0 fully saturated rings. The first-order valence-electron chi connectivity index (χ1n) is 6.94. The molecule has 0 aliphatic carbocycles. The quantitative estimate of drug-likeness (QED) is 0.808. The van der Waals surface area contributed by atoms with Gasteiger partial charge in [-0.3, -0.25) is 0 Å². The van der Waals surface area contributed by atoms with E-state index < -0.39 is 0 Å². The summed E-state index contributed by atoms with van der Waals surface area (Å²) in [6.45, 7) is 7.40. The average molecular weight is 263 g/mol. The Morgan fingerprint density at radius 2 is 1.35 bits per heavy atom. The highest BCUT2D eigenvalue weighted by Gasteiger charge is 2.07. The van der Waals surface area contributed by atoms with E-state index in [-0.39, 0.29) is 5.54 Å². The van der Waals surface area contributed by atoms with Crippen LogP contribution in [0.3, 0.4) is 0 Å². The van der Waals surface area contributed by atoms with Crippen LogP contribution in [0.25, 0.3) is 0 Å². The zero-order chi connectivity index (χ0) is 14.4. The second-order valence-corrected chi connectivity index (χ2v) is 5.92. The summed E-state index contributed by atoms with van der Waals surface area (Å²) in [6.07, 6.45) is 0. The van der Waals surface area contributed by atoms with Crippen molar-refractivity contribution in [3.8, 4) is 11.8 Å². The van der Waals surface area contributed by atoms with Crippen LogP contribution in [-0.4, -0.2) is 5.54 Å². The zero-order valence-electron chi connectivity index (χ0n) is 12.4. The van der Waals surface area contributed by atoms with Gasteiger partial charge in [-0.05, 0) is 50.6 Å². The first-order chi connectivity index (χ1) is 9.53. The molecular weight excluding hydrogens is 242 g/mol. The molecule has 0 spiro atoms. The Labute approximate surface area is 122 Å². The van der Waals surface area contributed by atoms with Crippen LogP contribution in [-0.2, 0) is 6.54 Å². The van der Waals surface area contributed by atoms with Gasteiger partial charge in [-0.1, -0.05) is 42.2 Å². The van der Waals surface area contributed by atoms with Crippen LogP contribution in [0.1, 0.15) is 37.5 Å². The van der Waals surface area contributed by atoms with E-state index in [4.69, 9.17) is 0 Å². The van der Waals surface area contributed by atoms with Crippen LogP contribution in [0.4, 0.5) is 0 Å². The summed E-state index contributed by atoms with van der Waals surface area (Å²) in [7, 11) is 0. The van der Waals surface area contributed by atoms with Crippen LogP contribution >= 0.6 is 0 Å². The van der Waals surface area contributed by atoms with Crippen LogP contribution in [0.2, 0.25) is 0 Å². The van der Waals surface area contributed by atoms with E-state index in [2.05, 4.69) is 62.2 Å². The van der Waals surface area contributed by atoms with Gasteiger partial charge in [0.2, 0.25) is 0 Å². The molecule has 102 valence electrons. The smallest absolute Gasteiger partial charge is 0.0249 e. The Bertz CT molecular complexity index is 592. The molecule has 1 nitrogen and oxygen atoms in total. The van der Waals surface area contributed by atoms with Gasteiger partial charge in [0.15, 0.2) is 0 Å². The Morgan fingerprint density at radius 1 is 0.800 bits per heavy atom. The highest BCUT2D eigenvalue weighted by molar-refractivity contribution is 5.43. The van der Waals surface area contributed by atoms with Crippen molar-refractivity contribution in [3.05, 3.63) is 71.3 Å². The largest absolute Gasteiger partial charge is 0.308 e. The van der Waals surface area contributed by atoms with Gasteiger partial charge < -0.3 is 5.32 Å². The van der Waals surface area contributed by atoms with Crippen molar-refractivity contribution in [2.75, 3.05) is 0 Å². The second-order valence-electron chi connectivity index (χ2n) is 5.92. The maximum absolute atomic E-state index is 3.48. The summed E-state index contributed by atoms with van der Waals surface area (Å²) < 4.78 is 0. The maximum atomic E-state index is 3.48. The predicted molar refractivity (Wildman–Crippen MR) is 85.5 cm³/mol. The number of hydrogen-bond acceptors (Lipinski definition) is 1. The molecule has 2 rings (SSSR count). The van der Waals surface area contributed by atoms with Crippen LogP contribution in [0.15, 0.2) is 54.6 Å². The highest BCUT2D eigenvalue weighted by atomic mass is 14.9. The molecule has 0 aliphatic heterocycles. The van der Waals surface area contributed by atoms with E-state index in [1.165, 1.54) is 5.56 Å². The fourth-order valence-corrected chi connectivity index (χ4v) is 1.74. The molecule has 2 aromatic rings. The molecule has 0 atom stereocenters. The third-order valence-corrected chi connectivity index (χ3v) is 2.90. The normalized spacial score (nSPS) is 10.8. The number of nitrogens with one attached hydrogen (secondary N) is 1. The molecule has 0 aromatic heterocycles. The van der Waals surface area contributed by atoms with Crippen molar-refractivity contribution < 1.29 is 0 Å². The molecule has 0 bridgehead atoms. The Morgan fingerprint density at radius 3 is 1.90 bits per heavy atom. The second kappa shape index (κ2) is 6.41. The summed E-state index contributed by atoms with van der Waals surface area (Å²) in [5, 5.41) is 3.48. The summed E-state index contributed by atoms with van der Waals surface area (Å²) >= 11 is 0. The molecule has 1 N–H and O–H groups in total. The van der Waals surface area contributed by atoms with Crippen LogP contribution < -0.4 is 5.32 Å². The Kier molecular flexibility index (Phi) is 4.61. The van der Waals surface area contributed by atoms with Crippen molar-refractivity contribution in [2.24, 2.45) is 0 Å². The summed E-state index contributed by atoms with van der Waals surface area (Å²) in [4.78, 5) is 0. The molecule has 0 amide bonds. The predicted octanol–water partition coefficient (Wildman–Crippen LogP) is 3.97. The highest BCUT2D eigenvalue weighted by Crippen LogP contribution is 2.06. The van der Waals surface area contributed by atoms with Crippen molar-refractivity contribution in [3.63, 3.8) is 0 Å². The average Bonchev–Trinajstić information content (AvgIpc) is 2.44. The van der Waals surface area contributed by atoms with Crippen molar-refractivity contribution in [2.45, 2.75) is 32.9 Å². The monoisotopic (exact) mass is 263 g/mol. The third kappa shape index (κ3) is 4.91. The number of rotatable bonds is 2. The van der Waals surface area contributed by atoms with E-state index in [9.17, 15) is 0 Å². The minimum absolute atomic E-state index is 0.145. The van der Waals surface area contributed by atoms with Gasteiger partial charge >= 0.3 is 0 Å². The minimum Gasteiger partial charge on any atom is -0.308 e. The molecule has 0 unspecified atom stereocenters. The molecule has 0 aliphatic rings. The number of benzene rings is 2. The molecule has 0 saturated heterocycles. The molecule has 2 aromatic carbocycles. The Hall–Kier alpha value is -2.04.